The molecule has 5 nitrogen and oxygen atoms in total. The monoisotopic (exact) mass is 481 g/mol. The van der Waals surface area contributed by atoms with E-state index in [1.807, 2.05) is 19.9 Å². The van der Waals surface area contributed by atoms with Crippen molar-refractivity contribution in [2.45, 2.75) is 46.5 Å². The molecule has 2 aromatic rings. The third-order valence-electron chi connectivity index (χ3n) is 3.51. The summed E-state index contributed by atoms with van der Waals surface area (Å²) in [6.45, 7) is 7.17. The molecular formula is C17H23F3IN5. The molecule has 0 aliphatic heterocycles. The maximum atomic E-state index is 13.5. The standard InChI is InChI=1S/C17H22F3N5.HI/c1-10(2)23-16(21)22-9-13-5-6-14(8-15(13)17(18,19)20)25-12(4)7-11(3)24-25;/h5-8,10H,9H2,1-4H3,(H3,21,22,23);1H. The van der Waals surface area contributed by atoms with Crippen LogP contribution >= 0.6 is 24.0 Å². The summed E-state index contributed by atoms with van der Waals surface area (Å²) < 4.78 is 41.9. The minimum Gasteiger partial charge on any atom is -0.370 e. The third-order valence-corrected chi connectivity index (χ3v) is 3.51. The molecule has 0 spiro atoms. The van der Waals surface area contributed by atoms with E-state index in [0.717, 1.165) is 17.5 Å². The number of aryl methyl sites for hydroxylation is 2. The molecule has 0 amide bonds. The van der Waals surface area contributed by atoms with Crippen LogP contribution in [0.2, 0.25) is 0 Å². The number of alkyl halides is 3. The smallest absolute Gasteiger partial charge is 0.370 e. The van der Waals surface area contributed by atoms with Crippen LogP contribution in [0.25, 0.3) is 5.69 Å². The number of nitrogens with two attached hydrogens (primary N) is 1. The predicted molar refractivity (Wildman–Crippen MR) is 107 cm³/mol. The fraction of sp³-hybridized carbons (Fsp3) is 0.412. The third kappa shape index (κ3) is 5.61. The largest absolute Gasteiger partial charge is 0.416 e. The molecule has 0 fully saturated rings. The topological polar surface area (TPSA) is 68.2 Å². The molecule has 0 aliphatic carbocycles. The minimum atomic E-state index is -4.49. The summed E-state index contributed by atoms with van der Waals surface area (Å²) >= 11 is 0. The molecule has 0 saturated carbocycles. The first-order chi connectivity index (χ1) is 11.6. The van der Waals surface area contributed by atoms with Gasteiger partial charge in [0.25, 0.3) is 0 Å². The van der Waals surface area contributed by atoms with Gasteiger partial charge in [0.05, 0.1) is 23.5 Å². The van der Waals surface area contributed by atoms with Crippen LogP contribution in [0.15, 0.2) is 29.3 Å². The normalized spacial score (nSPS) is 12.2. The van der Waals surface area contributed by atoms with Crippen molar-refractivity contribution in [1.29, 1.82) is 0 Å². The molecule has 1 aromatic carbocycles. The quantitative estimate of drug-likeness (QED) is 0.395. The lowest BCUT2D eigenvalue weighted by atomic mass is 10.1. The van der Waals surface area contributed by atoms with E-state index < -0.39 is 11.7 Å². The van der Waals surface area contributed by atoms with Gasteiger partial charge in [-0.1, -0.05) is 6.07 Å². The molecule has 0 aliphatic rings. The fourth-order valence-corrected chi connectivity index (χ4v) is 2.50. The van der Waals surface area contributed by atoms with Gasteiger partial charge in [0.1, 0.15) is 0 Å². The van der Waals surface area contributed by atoms with Gasteiger partial charge >= 0.3 is 6.18 Å². The minimum absolute atomic E-state index is 0. The lowest BCUT2D eigenvalue weighted by Gasteiger charge is -2.15. The van der Waals surface area contributed by atoms with Crippen LogP contribution in [0.5, 0.6) is 0 Å². The Hall–Kier alpha value is -1.78. The number of nitrogens with zero attached hydrogens (tertiary/aromatic N) is 3. The van der Waals surface area contributed by atoms with E-state index in [9.17, 15) is 13.2 Å². The van der Waals surface area contributed by atoms with E-state index in [0.29, 0.717) is 5.69 Å². The number of rotatable bonds is 4. The van der Waals surface area contributed by atoms with Crippen LogP contribution in [0.3, 0.4) is 0 Å². The molecular weight excluding hydrogens is 458 g/mol. The summed E-state index contributed by atoms with van der Waals surface area (Å²) in [5.41, 5.74) is 6.86. The van der Waals surface area contributed by atoms with Crippen LogP contribution in [0, 0.1) is 13.8 Å². The number of halogens is 4. The average molecular weight is 481 g/mol. The van der Waals surface area contributed by atoms with Gasteiger partial charge in [0.15, 0.2) is 5.96 Å². The maximum Gasteiger partial charge on any atom is 0.416 e. The second-order valence-electron chi connectivity index (χ2n) is 6.18. The average Bonchev–Trinajstić information content (AvgIpc) is 2.82. The Morgan fingerprint density at radius 1 is 1.27 bits per heavy atom. The van der Waals surface area contributed by atoms with E-state index in [4.69, 9.17) is 5.73 Å². The maximum absolute atomic E-state index is 13.5. The van der Waals surface area contributed by atoms with Gasteiger partial charge < -0.3 is 11.1 Å². The number of guanidine groups is 1. The van der Waals surface area contributed by atoms with Crippen molar-refractivity contribution in [2.75, 3.05) is 0 Å². The molecule has 1 heterocycles. The Labute approximate surface area is 167 Å². The van der Waals surface area contributed by atoms with Crippen LogP contribution in [0.1, 0.15) is 36.4 Å². The van der Waals surface area contributed by atoms with Gasteiger partial charge in [-0.3, -0.25) is 0 Å². The number of nitrogens with one attached hydrogen (secondary N) is 1. The van der Waals surface area contributed by atoms with E-state index in [-0.39, 0.29) is 48.1 Å². The molecule has 0 bridgehead atoms. The molecule has 1 aromatic heterocycles. The van der Waals surface area contributed by atoms with Crippen molar-refractivity contribution >= 4 is 29.9 Å². The molecule has 144 valence electrons. The Kier molecular flexibility index (Phi) is 7.48. The highest BCUT2D eigenvalue weighted by atomic mass is 127. The van der Waals surface area contributed by atoms with Gasteiger partial charge in [-0.25, -0.2) is 9.67 Å². The van der Waals surface area contributed by atoms with Crippen LogP contribution in [-0.4, -0.2) is 21.8 Å². The SMILES string of the molecule is Cc1cc(C)n(-c2ccc(CN=C(N)NC(C)C)c(C(F)(F)F)c2)n1.I. The summed E-state index contributed by atoms with van der Waals surface area (Å²) in [5, 5.41) is 7.08. The molecule has 26 heavy (non-hydrogen) atoms. The van der Waals surface area contributed by atoms with E-state index in [1.165, 1.54) is 10.7 Å². The van der Waals surface area contributed by atoms with Gasteiger partial charge in [-0.2, -0.15) is 18.3 Å². The Bertz CT molecular complexity index is 781. The highest BCUT2D eigenvalue weighted by molar-refractivity contribution is 14.0. The van der Waals surface area contributed by atoms with Crippen molar-refractivity contribution in [2.24, 2.45) is 10.7 Å². The Morgan fingerprint density at radius 3 is 2.42 bits per heavy atom. The van der Waals surface area contributed by atoms with E-state index >= 15 is 0 Å². The number of hydrogen-bond donors (Lipinski definition) is 2. The fourth-order valence-electron chi connectivity index (χ4n) is 2.50. The summed E-state index contributed by atoms with van der Waals surface area (Å²) in [7, 11) is 0. The molecule has 2 rings (SSSR count). The predicted octanol–water partition coefficient (Wildman–Crippen LogP) is 3.94. The molecule has 0 unspecified atom stereocenters. The van der Waals surface area contributed by atoms with Gasteiger partial charge in [-0.15, -0.1) is 24.0 Å². The van der Waals surface area contributed by atoms with E-state index in [1.54, 1.807) is 19.9 Å². The Morgan fingerprint density at radius 2 is 1.92 bits per heavy atom. The first-order valence-corrected chi connectivity index (χ1v) is 7.88. The number of aromatic nitrogens is 2. The highest BCUT2D eigenvalue weighted by Crippen LogP contribution is 2.34. The van der Waals surface area contributed by atoms with Crippen LogP contribution in [0.4, 0.5) is 13.2 Å². The molecule has 0 atom stereocenters. The van der Waals surface area contributed by atoms with Gasteiger partial charge in [0, 0.05) is 11.7 Å². The summed E-state index contributed by atoms with van der Waals surface area (Å²) in [6.07, 6.45) is -4.49. The van der Waals surface area contributed by atoms with Gasteiger partial charge in [-0.05, 0) is 51.5 Å². The van der Waals surface area contributed by atoms with Crippen molar-refractivity contribution in [3.8, 4) is 5.69 Å². The van der Waals surface area contributed by atoms with Crippen molar-refractivity contribution < 1.29 is 13.2 Å². The molecule has 3 N–H and O–H groups in total. The Balaban J connectivity index is 0.00000338. The zero-order valence-electron chi connectivity index (χ0n) is 15.1. The second kappa shape index (κ2) is 8.74. The van der Waals surface area contributed by atoms with Crippen molar-refractivity contribution in [3.63, 3.8) is 0 Å². The lowest BCUT2D eigenvalue weighted by Crippen LogP contribution is -2.36. The summed E-state index contributed by atoms with van der Waals surface area (Å²) in [6, 6.07) is 5.98. The molecule has 9 heteroatoms. The zero-order chi connectivity index (χ0) is 18.8. The highest BCUT2D eigenvalue weighted by Gasteiger charge is 2.33. The first-order valence-electron chi connectivity index (χ1n) is 7.88. The number of aliphatic imine (C=N–C) groups is 1. The van der Waals surface area contributed by atoms with Crippen molar-refractivity contribution in [1.82, 2.24) is 15.1 Å². The summed E-state index contributed by atoms with van der Waals surface area (Å²) in [5.74, 6) is 0.116. The van der Waals surface area contributed by atoms with Gasteiger partial charge in [0.2, 0.25) is 0 Å². The number of hydrogen-bond acceptors (Lipinski definition) is 2. The second-order valence-corrected chi connectivity index (χ2v) is 6.18. The van der Waals surface area contributed by atoms with E-state index in [2.05, 4.69) is 15.4 Å². The van der Waals surface area contributed by atoms with Crippen molar-refractivity contribution in [3.05, 3.63) is 46.8 Å². The summed E-state index contributed by atoms with van der Waals surface area (Å²) in [4.78, 5) is 3.99. The molecule has 0 radical (unpaired) electrons. The van der Waals surface area contributed by atoms with Crippen LogP contribution in [-0.2, 0) is 12.7 Å². The lowest BCUT2D eigenvalue weighted by molar-refractivity contribution is -0.138. The zero-order valence-corrected chi connectivity index (χ0v) is 17.4. The van der Waals surface area contributed by atoms with Crippen LogP contribution < -0.4 is 11.1 Å². The first kappa shape index (κ1) is 22.3. The molecule has 0 saturated heterocycles. The number of benzene rings is 1.